The number of benzene rings is 3. The van der Waals surface area contributed by atoms with Gasteiger partial charge < -0.3 is 24.3 Å². The molecule has 0 fully saturated rings. The van der Waals surface area contributed by atoms with Crippen LogP contribution in [-0.4, -0.2) is 31.3 Å². The number of nitrogens with zero attached hydrogens (tertiary/aromatic N) is 2. The number of nitrogens with one attached hydrogen (secondary N) is 1. The Hall–Kier alpha value is -4.26. The van der Waals surface area contributed by atoms with Crippen LogP contribution in [0.4, 0.5) is 11.6 Å². The second kappa shape index (κ2) is 10.4. The van der Waals surface area contributed by atoms with E-state index < -0.39 is 0 Å². The minimum absolute atomic E-state index is 0.442. The Labute approximate surface area is 193 Å². The molecule has 0 bridgehead atoms. The molecule has 3 aromatic carbocycles. The number of anilines is 2. The molecule has 0 saturated heterocycles. The monoisotopic (exact) mass is 443 g/mol. The van der Waals surface area contributed by atoms with E-state index in [0.717, 1.165) is 22.6 Å². The van der Waals surface area contributed by atoms with Gasteiger partial charge in [-0.2, -0.15) is 0 Å². The summed E-state index contributed by atoms with van der Waals surface area (Å²) in [5.41, 5.74) is 3.52. The maximum Gasteiger partial charge on any atom is 0.227 e. The van der Waals surface area contributed by atoms with Crippen LogP contribution in [0, 0.1) is 0 Å². The lowest BCUT2D eigenvalue weighted by Gasteiger charge is -2.14. The quantitative estimate of drug-likeness (QED) is 0.366. The molecule has 4 rings (SSSR count). The van der Waals surface area contributed by atoms with Crippen LogP contribution in [0.2, 0.25) is 0 Å². The normalized spacial score (nSPS) is 10.4. The van der Waals surface area contributed by atoms with Crippen molar-refractivity contribution in [1.29, 1.82) is 0 Å². The maximum atomic E-state index is 5.95. The van der Waals surface area contributed by atoms with Crippen LogP contribution in [0.1, 0.15) is 5.56 Å². The average Bonchev–Trinajstić information content (AvgIpc) is 2.87. The molecule has 0 amide bonds. The van der Waals surface area contributed by atoms with Crippen molar-refractivity contribution in [2.75, 3.05) is 26.6 Å². The van der Waals surface area contributed by atoms with E-state index in [1.165, 1.54) is 0 Å². The number of rotatable bonds is 9. The number of methoxy groups -OCH3 is 3. The Morgan fingerprint density at radius 1 is 0.788 bits per heavy atom. The zero-order valence-electron chi connectivity index (χ0n) is 18.7. The fourth-order valence-electron chi connectivity index (χ4n) is 3.35. The van der Waals surface area contributed by atoms with Crippen molar-refractivity contribution in [1.82, 2.24) is 9.97 Å². The molecule has 1 heterocycles. The molecule has 0 saturated carbocycles. The third kappa shape index (κ3) is 5.33. The summed E-state index contributed by atoms with van der Waals surface area (Å²) in [4.78, 5) is 9.01. The molecular weight excluding hydrogens is 418 g/mol. The Balaban J connectivity index is 1.54. The van der Waals surface area contributed by atoms with Gasteiger partial charge >= 0.3 is 0 Å². The smallest absolute Gasteiger partial charge is 0.227 e. The highest BCUT2D eigenvalue weighted by Crippen LogP contribution is 2.40. The second-order valence-corrected chi connectivity index (χ2v) is 7.11. The Morgan fingerprint density at radius 2 is 1.55 bits per heavy atom. The summed E-state index contributed by atoms with van der Waals surface area (Å²) in [7, 11) is 4.72. The van der Waals surface area contributed by atoms with Crippen molar-refractivity contribution in [3.05, 3.63) is 84.6 Å². The first-order chi connectivity index (χ1) is 16.2. The molecule has 0 unspecified atom stereocenters. The van der Waals surface area contributed by atoms with E-state index in [2.05, 4.69) is 15.3 Å². The van der Waals surface area contributed by atoms with Gasteiger partial charge in [-0.25, -0.2) is 9.97 Å². The molecule has 0 aliphatic heterocycles. The van der Waals surface area contributed by atoms with Crippen LogP contribution in [0.3, 0.4) is 0 Å². The highest BCUT2D eigenvalue weighted by molar-refractivity contribution is 5.67. The number of ether oxygens (including phenoxy) is 4. The summed E-state index contributed by atoms with van der Waals surface area (Å²) in [5, 5.41) is 3.21. The van der Waals surface area contributed by atoms with E-state index >= 15 is 0 Å². The van der Waals surface area contributed by atoms with Gasteiger partial charge in [0, 0.05) is 29.6 Å². The van der Waals surface area contributed by atoms with E-state index in [4.69, 9.17) is 18.9 Å². The lowest BCUT2D eigenvalue weighted by Crippen LogP contribution is -2.01. The molecule has 1 N–H and O–H groups in total. The molecule has 4 aromatic rings. The Bertz CT molecular complexity index is 1190. The molecule has 7 heteroatoms. The van der Waals surface area contributed by atoms with Gasteiger partial charge in [0.15, 0.2) is 11.5 Å². The molecule has 0 aliphatic carbocycles. The average molecular weight is 444 g/mol. The van der Waals surface area contributed by atoms with Crippen molar-refractivity contribution in [3.63, 3.8) is 0 Å². The first-order valence-electron chi connectivity index (χ1n) is 10.4. The van der Waals surface area contributed by atoms with Crippen LogP contribution in [0.15, 0.2) is 79.0 Å². The molecule has 0 spiro atoms. The summed E-state index contributed by atoms with van der Waals surface area (Å²) >= 11 is 0. The third-order valence-corrected chi connectivity index (χ3v) is 4.95. The summed E-state index contributed by atoms with van der Waals surface area (Å²) in [6, 6.07) is 23.4. The van der Waals surface area contributed by atoms with Gasteiger partial charge in [-0.15, -0.1) is 0 Å². The molecule has 168 valence electrons. The zero-order chi connectivity index (χ0) is 23.0. The predicted octanol–water partition coefficient (Wildman–Crippen LogP) is 5.49. The number of hydrogen-bond acceptors (Lipinski definition) is 7. The maximum absolute atomic E-state index is 5.95. The minimum Gasteiger partial charge on any atom is -0.493 e. The van der Waals surface area contributed by atoms with Gasteiger partial charge in [0.1, 0.15) is 12.4 Å². The highest BCUT2D eigenvalue weighted by atomic mass is 16.5. The lowest BCUT2D eigenvalue weighted by molar-refractivity contribution is 0.306. The third-order valence-electron chi connectivity index (χ3n) is 4.95. The van der Waals surface area contributed by atoms with Crippen LogP contribution in [0.25, 0.3) is 11.3 Å². The minimum atomic E-state index is 0.442. The van der Waals surface area contributed by atoms with Crippen molar-refractivity contribution < 1.29 is 18.9 Å². The van der Waals surface area contributed by atoms with Gasteiger partial charge in [0.2, 0.25) is 11.7 Å². The topological polar surface area (TPSA) is 74.7 Å². The first-order valence-corrected chi connectivity index (χ1v) is 10.4. The Kier molecular flexibility index (Phi) is 6.90. The van der Waals surface area contributed by atoms with E-state index in [0.29, 0.717) is 35.5 Å². The molecular formula is C26H25N3O4. The van der Waals surface area contributed by atoms with Crippen molar-refractivity contribution >= 4 is 11.6 Å². The van der Waals surface area contributed by atoms with Crippen LogP contribution in [0.5, 0.6) is 23.0 Å². The van der Waals surface area contributed by atoms with Gasteiger partial charge in [-0.1, -0.05) is 42.5 Å². The van der Waals surface area contributed by atoms with Crippen LogP contribution < -0.4 is 24.3 Å². The Morgan fingerprint density at radius 3 is 2.24 bits per heavy atom. The summed E-state index contributed by atoms with van der Waals surface area (Å²) < 4.78 is 22.2. The molecule has 0 atom stereocenters. The van der Waals surface area contributed by atoms with Crippen LogP contribution in [-0.2, 0) is 6.61 Å². The number of aromatic nitrogens is 2. The van der Waals surface area contributed by atoms with Gasteiger partial charge in [0.05, 0.1) is 27.0 Å². The van der Waals surface area contributed by atoms with E-state index in [1.807, 2.05) is 60.7 Å². The van der Waals surface area contributed by atoms with Crippen molar-refractivity contribution in [2.45, 2.75) is 6.61 Å². The van der Waals surface area contributed by atoms with Crippen molar-refractivity contribution in [2.24, 2.45) is 0 Å². The summed E-state index contributed by atoms with van der Waals surface area (Å²) in [5.74, 6) is 2.82. The summed E-state index contributed by atoms with van der Waals surface area (Å²) in [6.45, 7) is 0.502. The molecule has 1 aromatic heterocycles. The fraction of sp³-hybridized carbons (Fsp3) is 0.154. The van der Waals surface area contributed by atoms with Gasteiger partial charge in [-0.3, -0.25) is 0 Å². The van der Waals surface area contributed by atoms with Gasteiger partial charge in [0.25, 0.3) is 0 Å². The summed E-state index contributed by atoms with van der Waals surface area (Å²) in [6.07, 6.45) is 1.71. The SMILES string of the molecule is COc1cc(Nc2nccc(-c3cccc(OCc4ccccc4)c3)n2)cc(OC)c1OC. The van der Waals surface area contributed by atoms with E-state index in [9.17, 15) is 0 Å². The molecule has 7 nitrogen and oxygen atoms in total. The highest BCUT2D eigenvalue weighted by Gasteiger charge is 2.14. The lowest BCUT2D eigenvalue weighted by atomic mass is 10.1. The fourth-order valence-corrected chi connectivity index (χ4v) is 3.35. The molecule has 0 aliphatic rings. The molecule has 33 heavy (non-hydrogen) atoms. The van der Waals surface area contributed by atoms with Crippen molar-refractivity contribution in [3.8, 4) is 34.3 Å². The predicted molar refractivity (Wildman–Crippen MR) is 128 cm³/mol. The van der Waals surface area contributed by atoms with Crippen LogP contribution >= 0.6 is 0 Å². The first kappa shape index (κ1) is 22.0. The largest absolute Gasteiger partial charge is 0.493 e. The van der Waals surface area contributed by atoms with E-state index in [-0.39, 0.29) is 0 Å². The number of hydrogen-bond donors (Lipinski definition) is 1. The van der Waals surface area contributed by atoms with E-state index in [1.54, 1.807) is 39.7 Å². The molecule has 0 radical (unpaired) electrons. The zero-order valence-corrected chi connectivity index (χ0v) is 18.7. The standard InChI is InChI=1S/C26H25N3O4/c1-30-23-15-20(16-24(31-2)25(23)32-3)28-26-27-13-12-22(29-26)19-10-7-11-21(14-19)33-17-18-8-5-4-6-9-18/h4-16H,17H2,1-3H3,(H,27,28,29). The second-order valence-electron chi connectivity index (χ2n) is 7.11. The van der Waals surface area contributed by atoms with Gasteiger partial charge in [-0.05, 0) is 23.8 Å².